The van der Waals surface area contributed by atoms with Crippen molar-refractivity contribution in [1.82, 2.24) is 19.9 Å². The fourth-order valence-electron chi connectivity index (χ4n) is 2.15. The number of carboxylic acid groups (broad SMARTS) is 1. The minimum Gasteiger partial charge on any atom is -0.481 e. The molecule has 0 bridgehead atoms. The second-order valence-electron chi connectivity index (χ2n) is 5.25. The third-order valence-corrected chi connectivity index (χ3v) is 4.46. The second kappa shape index (κ2) is 6.58. The second-order valence-corrected chi connectivity index (χ2v) is 6.97. The summed E-state index contributed by atoms with van der Waals surface area (Å²) in [6.45, 7) is 0. The number of thiophene rings is 1. The lowest BCUT2D eigenvalue weighted by Crippen LogP contribution is -2.12. The Morgan fingerprint density at radius 2 is 2.04 bits per heavy atom. The number of nitrogens with zero attached hydrogens (tertiary/aromatic N) is 4. The lowest BCUT2D eigenvalue weighted by Gasteiger charge is -2.08. The maximum atomic E-state index is 11.1. The first-order valence-electron chi connectivity index (χ1n) is 7.00. The van der Waals surface area contributed by atoms with Gasteiger partial charge in [-0.25, -0.2) is 15.0 Å². The molecule has 0 fully saturated rings. The van der Waals surface area contributed by atoms with Crippen molar-refractivity contribution >= 4 is 34.9 Å². The first-order chi connectivity index (χ1) is 11.4. The van der Waals surface area contributed by atoms with Crippen molar-refractivity contribution in [2.45, 2.75) is 6.42 Å². The molecule has 3 rings (SSSR count). The number of carboxylic acids is 1. The average Bonchev–Trinajstić information content (AvgIpc) is 3.13. The minimum atomic E-state index is -0.937. The minimum absolute atomic E-state index is 0.158. The van der Waals surface area contributed by atoms with Crippen molar-refractivity contribution in [3.05, 3.63) is 34.6 Å². The largest absolute Gasteiger partial charge is 0.481 e. The standard InChI is InChI=1S/C15H14ClN5O2S/c1-21(2)15-17-6-8(7-18-15)14-19-9(5-12(22)23)13(20-14)10-3-4-11(16)24-10/h3-4,6-7H,5H2,1-2H3,(H,19,20)(H,22,23). The highest BCUT2D eigenvalue weighted by molar-refractivity contribution is 7.19. The van der Waals surface area contributed by atoms with E-state index < -0.39 is 5.97 Å². The first-order valence-corrected chi connectivity index (χ1v) is 8.19. The number of aliphatic carboxylic acids is 1. The number of hydrogen-bond acceptors (Lipinski definition) is 6. The highest BCUT2D eigenvalue weighted by atomic mass is 35.5. The number of aromatic nitrogens is 4. The van der Waals surface area contributed by atoms with Crippen LogP contribution in [-0.4, -0.2) is 45.1 Å². The number of nitrogens with one attached hydrogen (secondary N) is 1. The third kappa shape index (κ3) is 3.39. The topological polar surface area (TPSA) is 95.0 Å². The molecular weight excluding hydrogens is 350 g/mol. The van der Waals surface area contributed by atoms with Gasteiger partial charge in [0.05, 0.1) is 26.9 Å². The van der Waals surface area contributed by atoms with Gasteiger partial charge in [0.2, 0.25) is 5.95 Å². The van der Waals surface area contributed by atoms with E-state index in [0.717, 1.165) is 4.88 Å². The summed E-state index contributed by atoms with van der Waals surface area (Å²) in [4.78, 5) is 29.8. The molecule has 2 N–H and O–H groups in total. The van der Waals surface area contributed by atoms with E-state index in [1.54, 1.807) is 23.4 Å². The van der Waals surface area contributed by atoms with Crippen LogP contribution in [0.2, 0.25) is 4.34 Å². The Labute approximate surface area is 147 Å². The van der Waals surface area contributed by atoms with E-state index in [0.29, 0.717) is 33.1 Å². The zero-order valence-corrected chi connectivity index (χ0v) is 14.5. The van der Waals surface area contributed by atoms with Crippen LogP contribution in [0.3, 0.4) is 0 Å². The molecular formula is C15H14ClN5O2S. The van der Waals surface area contributed by atoms with Crippen LogP contribution >= 0.6 is 22.9 Å². The predicted octanol–water partition coefficient (Wildman–Crippen LogP) is 2.94. The number of imidazole rings is 1. The van der Waals surface area contributed by atoms with Gasteiger partial charge in [-0.05, 0) is 12.1 Å². The Balaban J connectivity index is 2.02. The number of carbonyl (C=O) groups is 1. The number of aromatic amines is 1. The number of H-pyrrole nitrogens is 1. The van der Waals surface area contributed by atoms with Gasteiger partial charge in [0.15, 0.2) is 0 Å². The Hall–Kier alpha value is -2.45. The summed E-state index contributed by atoms with van der Waals surface area (Å²) < 4.78 is 0.620. The molecule has 0 aliphatic carbocycles. The van der Waals surface area contributed by atoms with E-state index in [1.165, 1.54) is 11.3 Å². The van der Waals surface area contributed by atoms with Crippen LogP contribution < -0.4 is 4.90 Å². The molecule has 0 unspecified atom stereocenters. The van der Waals surface area contributed by atoms with Crippen LogP contribution in [-0.2, 0) is 11.2 Å². The zero-order valence-electron chi connectivity index (χ0n) is 12.9. The Morgan fingerprint density at radius 3 is 2.58 bits per heavy atom. The molecule has 0 saturated carbocycles. The smallest absolute Gasteiger partial charge is 0.309 e. The molecule has 0 aromatic carbocycles. The van der Waals surface area contributed by atoms with Crippen LogP contribution in [0.1, 0.15) is 5.69 Å². The van der Waals surface area contributed by atoms with E-state index in [2.05, 4.69) is 19.9 Å². The van der Waals surface area contributed by atoms with Crippen molar-refractivity contribution in [2.75, 3.05) is 19.0 Å². The van der Waals surface area contributed by atoms with Crippen molar-refractivity contribution < 1.29 is 9.90 Å². The molecule has 0 aliphatic heterocycles. The van der Waals surface area contributed by atoms with Crippen LogP contribution in [0.5, 0.6) is 0 Å². The molecule has 3 aromatic rings. The number of rotatable bonds is 5. The molecule has 0 atom stereocenters. The maximum absolute atomic E-state index is 11.1. The van der Waals surface area contributed by atoms with Gasteiger partial charge in [-0.2, -0.15) is 0 Å². The molecule has 24 heavy (non-hydrogen) atoms. The summed E-state index contributed by atoms with van der Waals surface area (Å²) in [6.07, 6.45) is 3.14. The van der Waals surface area contributed by atoms with Crippen molar-refractivity contribution in [3.63, 3.8) is 0 Å². The Morgan fingerprint density at radius 1 is 1.33 bits per heavy atom. The molecule has 0 aliphatic rings. The Bertz CT molecular complexity index is 872. The summed E-state index contributed by atoms with van der Waals surface area (Å²) in [5.74, 6) is 0.172. The number of anilines is 1. The summed E-state index contributed by atoms with van der Waals surface area (Å²) in [7, 11) is 3.71. The molecule has 3 aromatic heterocycles. The van der Waals surface area contributed by atoms with E-state index in [1.807, 2.05) is 20.2 Å². The molecule has 0 radical (unpaired) electrons. The average molecular weight is 364 g/mol. The van der Waals surface area contributed by atoms with Crippen LogP contribution in [0.25, 0.3) is 22.0 Å². The van der Waals surface area contributed by atoms with Gasteiger partial charge in [-0.1, -0.05) is 11.6 Å². The molecule has 9 heteroatoms. The fraction of sp³-hybridized carbons (Fsp3) is 0.200. The van der Waals surface area contributed by atoms with E-state index in [-0.39, 0.29) is 6.42 Å². The third-order valence-electron chi connectivity index (χ3n) is 3.22. The van der Waals surface area contributed by atoms with Gasteiger partial charge in [0.1, 0.15) is 11.5 Å². The van der Waals surface area contributed by atoms with Crippen LogP contribution in [0.15, 0.2) is 24.5 Å². The fourth-order valence-corrected chi connectivity index (χ4v) is 3.21. The van der Waals surface area contributed by atoms with Gasteiger partial charge in [0.25, 0.3) is 0 Å². The molecule has 124 valence electrons. The lowest BCUT2D eigenvalue weighted by molar-refractivity contribution is -0.136. The summed E-state index contributed by atoms with van der Waals surface area (Å²) in [6, 6.07) is 3.58. The lowest BCUT2D eigenvalue weighted by atomic mass is 10.2. The SMILES string of the molecule is CN(C)c1ncc(-c2nc(-c3ccc(Cl)s3)c(CC(=O)O)[nH]2)cn1. The van der Waals surface area contributed by atoms with Crippen LogP contribution in [0, 0.1) is 0 Å². The van der Waals surface area contributed by atoms with Gasteiger partial charge >= 0.3 is 5.97 Å². The van der Waals surface area contributed by atoms with E-state index >= 15 is 0 Å². The van der Waals surface area contributed by atoms with Gasteiger partial charge in [-0.15, -0.1) is 11.3 Å². The molecule has 0 saturated heterocycles. The van der Waals surface area contributed by atoms with E-state index in [4.69, 9.17) is 16.7 Å². The number of halogens is 1. The normalized spacial score (nSPS) is 10.8. The number of hydrogen-bond donors (Lipinski definition) is 2. The maximum Gasteiger partial charge on any atom is 0.309 e. The highest BCUT2D eigenvalue weighted by Gasteiger charge is 2.18. The van der Waals surface area contributed by atoms with E-state index in [9.17, 15) is 4.79 Å². The molecule has 3 heterocycles. The van der Waals surface area contributed by atoms with Gasteiger partial charge in [-0.3, -0.25) is 4.79 Å². The predicted molar refractivity (Wildman–Crippen MR) is 93.6 cm³/mol. The molecule has 0 amide bonds. The van der Waals surface area contributed by atoms with Crippen molar-refractivity contribution in [3.8, 4) is 22.0 Å². The van der Waals surface area contributed by atoms with Gasteiger partial charge in [0, 0.05) is 26.5 Å². The summed E-state index contributed by atoms with van der Waals surface area (Å²) >= 11 is 7.33. The highest BCUT2D eigenvalue weighted by Crippen LogP contribution is 2.33. The quantitative estimate of drug-likeness (QED) is 0.723. The molecule has 0 spiro atoms. The van der Waals surface area contributed by atoms with Gasteiger partial charge < -0.3 is 15.0 Å². The monoisotopic (exact) mass is 363 g/mol. The summed E-state index contributed by atoms with van der Waals surface area (Å²) in [5.41, 5.74) is 1.79. The Kier molecular flexibility index (Phi) is 4.50. The summed E-state index contributed by atoms with van der Waals surface area (Å²) in [5, 5.41) is 9.12. The zero-order chi connectivity index (χ0) is 17.3. The van der Waals surface area contributed by atoms with Crippen LogP contribution in [0.4, 0.5) is 5.95 Å². The van der Waals surface area contributed by atoms with Crippen molar-refractivity contribution in [2.24, 2.45) is 0 Å². The van der Waals surface area contributed by atoms with Crippen molar-refractivity contribution in [1.29, 1.82) is 0 Å². The molecule has 7 nitrogen and oxygen atoms in total. The first kappa shape index (κ1) is 16.4.